The topological polar surface area (TPSA) is 59.8 Å². The molecule has 2 heterocycles. The minimum absolute atomic E-state index is 0.177. The van der Waals surface area contributed by atoms with Crippen LogP contribution in [0.1, 0.15) is 10.5 Å². The smallest absolute Gasteiger partial charge is 0.269 e. The highest BCUT2D eigenvalue weighted by Gasteiger charge is 2.09. The van der Waals surface area contributed by atoms with Crippen molar-refractivity contribution in [3.8, 4) is 0 Å². The maximum Gasteiger partial charge on any atom is 0.269 e. The Morgan fingerprint density at radius 3 is 2.95 bits per heavy atom. The van der Waals surface area contributed by atoms with E-state index in [-0.39, 0.29) is 17.1 Å². The molecule has 1 amide bonds. The third-order valence-corrected chi connectivity index (χ3v) is 3.33. The maximum absolute atomic E-state index is 13.7. The Balaban J connectivity index is 1.68. The number of para-hydroxylation sites is 1. The molecular weight excluding hydrogens is 307 g/mol. The highest BCUT2D eigenvalue weighted by atomic mass is 35.5. The molecule has 0 atom stereocenters. The van der Waals surface area contributed by atoms with E-state index in [2.05, 4.69) is 15.4 Å². The first-order chi connectivity index (χ1) is 10.6. The third kappa shape index (κ3) is 3.07. The van der Waals surface area contributed by atoms with Crippen molar-refractivity contribution in [2.45, 2.75) is 6.54 Å². The van der Waals surface area contributed by atoms with E-state index in [1.165, 1.54) is 12.3 Å². The summed E-state index contributed by atoms with van der Waals surface area (Å²) in [7, 11) is 0. The molecule has 0 spiro atoms. The van der Waals surface area contributed by atoms with Crippen molar-refractivity contribution in [3.05, 3.63) is 59.3 Å². The van der Waals surface area contributed by atoms with Crippen molar-refractivity contribution in [3.63, 3.8) is 0 Å². The van der Waals surface area contributed by atoms with Gasteiger partial charge in [-0.25, -0.2) is 9.37 Å². The number of nitrogens with zero attached hydrogens (tertiary/aromatic N) is 3. The monoisotopic (exact) mass is 318 g/mol. The molecule has 1 aromatic carbocycles. The minimum atomic E-state index is -0.446. The summed E-state index contributed by atoms with van der Waals surface area (Å²) in [6, 6.07) is 7.91. The van der Waals surface area contributed by atoms with Crippen LogP contribution in [-0.2, 0) is 6.54 Å². The van der Waals surface area contributed by atoms with E-state index in [0.717, 1.165) is 0 Å². The minimum Gasteiger partial charge on any atom is -0.349 e. The average Bonchev–Trinajstić information content (AvgIpc) is 2.93. The fourth-order valence-electron chi connectivity index (χ4n) is 2.07. The Labute approximate surface area is 130 Å². The van der Waals surface area contributed by atoms with Crippen molar-refractivity contribution in [2.24, 2.45) is 0 Å². The van der Waals surface area contributed by atoms with Crippen LogP contribution in [0.25, 0.3) is 10.9 Å². The molecule has 22 heavy (non-hydrogen) atoms. The third-order valence-electron chi connectivity index (χ3n) is 3.13. The van der Waals surface area contributed by atoms with Gasteiger partial charge in [0.15, 0.2) is 0 Å². The molecule has 0 bridgehead atoms. The molecule has 112 valence electrons. The number of halogens is 2. The van der Waals surface area contributed by atoms with Crippen LogP contribution in [0, 0.1) is 5.82 Å². The van der Waals surface area contributed by atoms with E-state index < -0.39 is 5.82 Å². The largest absolute Gasteiger partial charge is 0.349 e. The van der Waals surface area contributed by atoms with Gasteiger partial charge < -0.3 is 5.32 Å². The lowest BCUT2D eigenvalue weighted by Gasteiger charge is -2.06. The van der Waals surface area contributed by atoms with Gasteiger partial charge in [-0.15, -0.1) is 0 Å². The van der Waals surface area contributed by atoms with Gasteiger partial charge in [-0.1, -0.05) is 29.8 Å². The number of fused-ring (bicyclic) bond motifs is 1. The zero-order chi connectivity index (χ0) is 15.5. The number of amides is 1. The summed E-state index contributed by atoms with van der Waals surface area (Å²) in [6.45, 7) is 0.855. The predicted molar refractivity (Wildman–Crippen MR) is 81.3 cm³/mol. The molecule has 1 N–H and O–H groups in total. The van der Waals surface area contributed by atoms with Gasteiger partial charge in [0.05, 0.1) is 17.8 Å². The van der Waals surface area contributed by atoms with Gasteiger partial charge in [0, 0.05) is 18.1 Å². The first kappa shape index (κ1) is 14.5. The summed E-state index contributed by atoms with van der Waals surface area (Å²) in [5.41, 5.74) is 0.366. The van der Waals surface area contributed by atoms with Crippen LogP contribution in [0.5, 0.6) is 0 Å². The second-order valence-electron chi connectivity index (χ2n) is 4.69. The van der Waals surface area contributed by atoms with Crippen molar-refractivity contribution in [2.75, 3.05) is 6.54 Å². The Morgan fingerprint density at radius 1 is 1.32 bits per heavy atom. The van der Waals surface area contributed by atoms with E-state index >= 15 is 0 Å². The first-order valence-corrected chi connectivity index (χ1v) is 7.03. The first-order valence-electron chi connectivity index (χ1n) is 6.65. The van der Waals surface area contributed by atoms with Gasteiger partial charge in [0.25, 0.3) is 5.91 Å². The Hall–Kier alpha value is -2.47. The Kier molecular flexibility index (Phi) is 4.02. The summed E-state index contributed by atoms with van der Waals surface area (Å²) >= 11 is 5.75. The molecule has 0 saturated carbocycles. The second kappa shape index (κ2) is 6.11. The van der Waals surface area contributed by atoms with Gasteiger partial charge in [-0.2, -0.15) is 5.10 Å². The number of hydrogen-bond acceptors (Lipinski definition) is 3. The summed E-state index contributed by atoms with van der Waals surface area (Å²) in [4.78, 5) is 16.1. The molecule has 3 rings (SSSR count). The SMILES string of the molecule is O=C(NCCn1cc(Cl)cn1)c1ccc2cccc(F)c2n1. The van der Waals surface area contributed by atoms with Gasteiger partial charge in [0.2, 0.25) is 0 Å². The number of rotatable bonds is 4. The van der Waals surface area contributed by atoms with Crippen LogP contribution >= 0.6 is 11.6 Å². The molecule has 0 unspecified atom stereocenters. The number of carbonyl (C=O) groups is 1. The van der Waals surface area contributed by atoms with Crippen molar-refractivity contribution in [1.82, 2.24) is 20.1 Å². The van der Waals surface area contributed by atoms with E-state index in [0.29, 0.717) is 23.5 Å². The fraction of sp³-hybridized carbons (Fsp3) is 0.133. The summed E-state index contributed by atoms with van der Waals surface area (Å²) in [6.07, 6.45) is 3.19. The molecule has 0 aliphatic carbocycles. The Bertz CT molecular complexity index is 833. The molecule has 0 aliphatic heterocycles. The quantitative estimate of drug-likeness (QED) is 0.804. The van der Waals surface area contributed by atoms with Gasteiger partial charge in [-0.05, 0) is 12.1 Å². The molecule has 0 saturated heterocycles. The van der Waals surface area contributed by atoms with Gasteiger partial charge in [0.1, 0.15) is 17.0 Å². The highest BCUT2D eigenvalue weighted by Crippen LogP contribution is 2.15. The summed E-state index contributed by atoms with van der Waals surface area (Å²) in [5.74, 6) is -0.804. The zero-order valence-corrected chi connectivity index (χ0v) is 12.2. The fourth-order valence-corrected chi connectivity index (χ4v) is 2.23. The molecule has 0 aliphatic rings. The summed E-state index contributed by atoms with van der Waals surface area (Å²) < 4.78 is 15.3. The lowest BCUT2D eigenvalue weighted by molar-refractivity contribution is 0.0947. The molecule has 0 radical (unpaired) electrons. The van der Waals surface area contributed by atoms with Crippen molar-refractivity contribution < 1.29 is 9.18 Å². The van der Waals surface area contributed by atoms with Crippen LogP contribution in [-0.4, -0.2) is 27.2 Å². The molecule has 3 aromatic rings. The standard InChI is InChI=1S/C15H12ClFN4O/c16-11-8-19-21(9-11)7-6-18-15(22)13-5-4-10-2-1-3-12(17)14(10)20-13/h1-5,8-9H,6-7H2,(H,18,22). The van der Waals surface area contributed by atoms with E-state index in [1.54, 1.807) is 35.1 Å². The van der Waals surface area contributed by atoms with Gasteiger partial charge in [-0.3, -0.25) is 9.48 Å². The number of carbonyl (C=O) groups excluding carboxylic acids is 1. The zero-order valence-electron chi connectivity index (χ0n) is 11.5. The lowest BCUT2D eigenvalue weighted by Crippen LogP contribution is -2.28. The van der Waals surface area contributed by atoms with Crippen molar-refractivity contribution >= 4 is 28.4 Å². The van der Waals surface area contributed by atoms with Crippen LogP contribution in [0.4, 0.5) is 4.39 Å². The Morgan fingerprint density at radius 2 is 2.18 bits per heavy atom. The number of pyridine rings is 1. The number of aromatic nitrogens is 3. The van der Waals surface area contributed by atoms with Crippen molar-refractivity contribution in [1.29, 1.82) is 0 Å². The number of nitrogens with one attached hydrogen (secondary N) is 1. The highest BCUT2D eigenvalue weighted by molar-refractivity contribution is 6.30. The predicted octanol–water partition coefficient (Wildman–Crippen LogP) is 2.65. The molecule has 5 nitrogen and oxygen atoms in total. The second-order valence-corrected chi connectivity index (χ2v) is 5.12. The number of benzene rings is 1. The van der Waals surface area contributed by atoms with Crippen LogP contribution < -0.4 is 5.32 Å². The van der Waals surface area contributed by atoms with Gasteiger partial charge >= 0.3 is 0 Å². The molecule has 0 fully saturated rings. The van der Waals surface area contributed by atoms with E-state index in [9.17, 15) is 9.18 Å². The maximum atomic E-state index is 13.7. The number of hydrogen-bond donors (Lipinski definition) is 1. The van der Waals surface area contributed by atoms with E-state index in [1.807, 2.05) is 0 Å². The van der Waals surface area contributed by atoms with Crippen LogP contribution in [0.15, 0.2) is 42.7 Å². The summed E-state index contributed by atoms with van der Waals surface area (Å²) in [5, 5.41) is 7.91. The molecule has 2 aromatic heterocycles. The van der Waals surface area contributed by atoms with Crippen LogP contribution in [0.2, 0.25) is 5.02 Å². The average molecular weight is 319 g/mol. The lowest BCUT2D eigenvalue weighted by atomic mass is 10.2. The molecule has 7 heteroatoms. The van der Waals surface area contributed by atoms with E-state index in [4.69, 9.17) is 11.6 Å². The normalized spacial score (nSPS) is 10.8. The van der Waals surface area contributed by atoms with Crippen LogP contribution in [0.3, 0.4) is 0 Å². The molecular formula is C15H12ClFN4O.